The van der Waals surface area contributed by atoms with Crippen molar-refractivity contribution in [2.45, 2.75) is 12.5 Å². The molecule has 1 saturated heterocycles. The normalized spacial score (nSPS) is 18.5. The molecule has 1 aliphatic heterocycles. The molecule has 1 N–H and O–H groups in total. The third-order valence-electron chi connectivity index (χ3n) is 3.39. The molecule has 1 heterocycles. The fraction of sp³-hybridized carbons (Fsp3) is 0.538. The maximum Gasteiger partial charge on any atom is 0.0912 e. The summed E-state index contributed by atoms with van der Waals surface area (Å²) in [7, 11) is 0. The van der Waals surface area contributed by atoms with Crippen molar-refractivity contribution in [2.75, 3.05) is 32.9 Å². The minimum absolute atomic E-state index is 0.120. The highest BCUT2D eigenvalue weighted by Gasteiger charge is 2.26. The number of nitrogens with one attached hydrogen (secondary N) is 1. The maximum absolute atomic E-state index is 12.9. The van der Waals surface area contributed by atoms with Crippen molar-refractivity contribution in [3.05, 3.63) is 32.8 Å². The Kier molecular flexibility index (Phi) is 5.72. The van der Waals surface area contributed by atoms with Gasteiger partial charge in [-0.2, -0.15) is 0 Å². The highest BCUT2D eigenvalue weighted by atomic mass is 35.5. The van der Waals surface area contributed by atoms with Crippen LogP contribution in [-0.4, -0.2) is 37.8 Å². The number of piperazine rings is 1. The zero-order chi connectivity index (χ0) is 13.8. The lowest BCUT2D eigenvalue weighted by atomic mass is 10.0. The first-order valence-corrected chi connectivity index (χ1v) is 7.42. The number of benzene rings is 1. The van der Waals surface area contributed by atoms with E-state index in [2.05, 4.69) is 10.2 Å². The summed E-state index contributed by atoms with van der Waals surface area (Å²) in [6.07, 6.45) is 0.375. The predicted molar refractivity (Wildman–Crippen MR) is 79.2 cm³/mol. The predicted octanol–water partition coefficient (Wildman–Crippen LogP) is 3.95. The fourth-order valence-electron chi connectivity index (χ4n) is 2.45. The van der Waals surface area contributed by atoms with Crippen LogP contribution in [0.3, 0.4) is 0 Å². The quantitative estimate of drug-likeness (QED) is 0.843. The summed E-state index contributed by atoms with van der Waals surface area (Å²) in [6, 6.07) is 3.27. The van der Waals surface area contributed by atoms with Gasteiger partial charge in [0.2, 0.25) is 0 Å². The highest BCUT2D eigenvalue weighted by Crippen LogP contribution is 2.39. The molecule has 0 bridgehead atoms. The smallest absolute Gasteiger partial charge is 0.0912 e. The van der Waals surface area contributed by atoms with Crippen LogP contribution in [0.2, 0.25) is 15.1 Å². The summed E-state index contributed by atoms with van der Waals surface area (Å²) in [5, 5.41) is 4.72. The van der Waals surface area contributed by atoms with E-state index in [0.29, 0.717) is 21.5 Å². The number of rotatable bonds is 4. The second-order valence-corrected chi connectivity index (χ2v) is 5.73. The van der Waals surface area contributed by atoms with Gasteiger partial charge in [0.25, 0.3) is 0 Å². The van der Waals surface area contributed by atoms with Crippen molar-refractivity contribution in [2.24, 2.45) is 0 Å². The zero-order valence-corrected chi connectivity index (χ0v) is 12.7. The van der Waals surface area contributed by atoms with Crippen LogP contribution in [0.4, 0.5) is 4.39 Å². The minimum Gasteiger partial charge on any atom is -0.314 e. The second kappa shape index (κ2) is 7.09. The Labute approximate surface area is 127 Å². The summed E-state index contributed by atoms with van der Waals surface area (Å²) in [6.45, 7) is 3.07. The van der Waals surface area contributed by atoms with Gasteiger partial charge in [-0.3, -0.25) is 9.29 Å². The van der Waals surface area contributed by atoms with Gasteiger partial charge in [-0.25, -0.2) is 0 Å². The highest BCUT2D eigenvalue weighted by molar-refractivity contribution is 6.44. The lowest BCUT2D eigenvalue weighted by Crippen LogP contribution is -2.45. The molecule has 1 fully saturated rings. The summed E-state index contributed by atoms with van der Waals surface area (Å²) >= 11 is 18.6. The summed E-state index contributed by atoms with van der Waals surface area (Å²) in [5.41, 5.74) is 0.746. The number of hydrogen-bond acceptors (Lipinski definition) is 2. The molecular formula is C13H16Cl3FN2. The molecule has 0 unspecified atom stereocenters. The molecule has 1 aromatic carbocycles. The topological polar surface area (TPSA) is 15.3 Å². The first kappa shape index (κ1) is 15.3. The van der Waals surface area contributed by atoms with Crippen LogP contribution in [0, 0.1) is 0 Å². The van der Waals surface area contributed by atoms with E-state index in [1.165, 1.54) is 0 Å². The molecule has 0 aromatic heterocycles. The Morgan fingerprint density at radius 2 is 1.79 bits per heavy atom. The lowest BCUT2D eigenvalue weighted by Gasteiger charge is -2.35. The van der Waals surface area contributed by atoms with Crippen molar-refractivity contribution >= 4 is 34.8 Å². The molecule has 2 nitrogen and oxygen atoms in total. The molecule has 2 rings (SSSR count). The van der Waals surface area contributed by atoms with E-state index in [4.69, 9.17) is 34.8 Å². The van der Waals surface area contributed by atoms with Crippen LogP contribution >= 0.6 is 34.8 Å². The van der Waals surface area contributed by atoms with Crippen LogP contribution < -0.4 is 5.32 Å². The molecule has 1 atom stereocenters. The van der Waals surface area contributed by atoms with E-state index in [-0.39, 0.29) is 6.04 Å². The molecule has 1 aromatic rings. The van der Waals surface area contributed by atoms with Crippen LogP contribution in [0.5, 0.6) is 0 Å². The number of halogens is 4. The fourth-order valence-corrected chi connectivity index (χ4v) is 3.24. The molecule has 19 heavy (non-hydrogen) atoms. The van der Waals surface area contributed by atoms with Gasteiger partial charge in [-0.15, -0.1) is 0 Å². The van der Waals surface area contributed by atoms with Crippen molar-refractivity contribution in [1.29, 1.82) is 0 Å². The van der Waals surface area contributed by atoms with Gasteiger partial charge >= 0.3 is 0 Å². The van der Waals surface area contributed by atoms with Gasteiger partial charge < -0.3 is 5.32 Å². The maximum atomic E-state index is 12.9. The second-order valence-electron chi connectivity index (χ2n) is 4.54. The summed E-state index contributed by atoms with van der Waals surface area (Å²) in [5.74, 6) is 0. The lowest BCUT2D eigenvalue weighted by molar-refractivity contribution is 0.157. The number of alkyl halides is 1. The van der Waals surface area contributed by atoms with Crippen molar-refractivity contribution in [3.63, 3.8) is 0 Å². The Balaban J connectivity index is 2.35. The van der Waals surface area contributed by atoms with E-state index < -0.39 is 6.67 Å². The largest absolute Gasteiger partial charge is 0.314 e. The van der Waals surface area contributed by atoms with Crippen LogP contribution in [0.15, 0.2) is 12.1 Å². The summed E-state index contributed by atoms with van der Waals surface area (Å²) < 4.78 is 12.9. The standard InChI is InChI=1S/C13H16Cl3FN2/c14-9-1-2-10(15)13(16)12(9)11(3-4-17)19-7-5-18-6-8-19/h1-2,11,18H,3-8H2/t11-/m1/s1. The Hall–Kier alpha value is -0.0600. The van der Waals surface area contributed by atoms with Crippen molar-refractivity contribution in [3.8, 4) is 0 Å². The van der Waals surface area contributed by atoms with E-state index in [0.717, 1.165) is 31.7 Å². The molecule has 0 radical (unpaired) electrons. The number of nitrogens with zero attached hydrogens (tertiary/aromatic N) is 1. The van der Waals surface area contributed by atoms with Gasteiger partial charge in [-0.1, -0.05) is 34.8 Å². The molecular weight excluding hydrogens is 310 g/mol. The van der Waals surface area contributed by atoms with Gasteiger partial charge in [0.15, 0.2) is 0 Å². The van der Waals surface area contributed by atoms with Crippen LogP contribution in [0.25, 0.3) is 0 Å². The Morgan fingerprint density at radius 3 is 2.42 bits per heavy atom. The van der Waals surface area contributed by atoms with E-state index in [1.807, 2.05) is 0 Å². The Morgan fingerprint density at radius 1 is 1.16 bits per heavy atom. The monoisotopic (exact) mass is 324 g/mol. The van der Waals surface area contributed by atoms with Crippen molar-refractivity contribution in [1.82, 2.24) is 10.2 Å². The third-order valence-corrected chi connectivity index (χ3v) is 4.54. The van der Waals surface area contributed by atoms with Gasteiger partial charge in [-0.05, 0) is 18.6 Å². The molecule has 0 saturated carbocycles. The first-order chi connectivity index (χ1) is 9.15. The van der Waals surface area contributed by atoms with E-state index in [9.17, 15) is 4.39 Å². The Bertz CT molecular complexity index is 436. The minimum atomic E-state index is -0.409. The SMILES string of the molecule is FCC[C@H](c1c(Cl)ccc(Cl)c1Cl)N1CCNCC1. The molecule has 0 amide bonds. The molecule has 6 heteroatoms. The molecule has 0 aliphatic carbocycles. The number of hydrogen-bond donors (Lipinski definition) is 1. The molecule has 106 valence electrons. The average molecular weight is 326 g/mol. The summed E-state index contributed by atoms with van der Waals surface area (Å²) in [4.78, 5) is 2.21. The van der Waals surface area contributed by atoms with E-state index in [1.54, 1.807) is 12.1 Å². The third kappa shape index (κ3) is 3.53. The van der Waals surface area contributed by atoms with Crippen LogP contribution in [-0.2, 0) is 0 Å². The van der Waals surface area contributed by atoms with Crippen molar-refractivity contribution < 1.29 is 4.39 Å². The van der Waals surface area contributed by atoms with Gasteiger partial charge in [0.1, 0.15) is 0 Å². The first-order valence-electron chi connectivity index (χ1n) is 6.29. The van der Waals surface area contributed by atoms with Gasteiger partial charge in [0.05, 0.1) is 16.7 Å². The average Bonchev–Trinajstić information content (AvgIpc) is 2.43. The van der Waals surface area contributed by atoms with Crippen LogP contribution in [0.1, 0.15) is 18.0 Å². The zero-order valence-electron chi connectivity index (χ0n) is 10.4. The van der Waals surface area contributed by atoms with Gasteiger partial charge in [0, 0.05) is 42.8 Å². The molecule has 0 spiro atoms. The molecule has 1 aliphatic rings. The van der Waals surface area contributed by atoms with E-state index >= 15 is 0 Å².